The number of esters is 1. The Morgan fingerprint density at radius 2 is 1.61 bits per heavy atom. The summed E-state index contributed by atoms with van der Waals surface area (Å²) in [5.74, 6) is -0.0661. The number of aliphatic hydroxyl groups is 4. The van der Waals surface area contributed by atoms with Crippen molar-refractivity contribution in [3.63, 3.8) is 0 Å². The highest BCUT2D eigenvalue weighted by Gasteiger charge is 2.68. The maximum atomic E-state index is 13.7. The Morgan fingerprint density at radius 1 is 0.939 bits per heavy atom. The largest absolute Gasteiger partial charge is 0.481 e. The summed E-state index contributed by atoms with van der Waals surface area (Å²) in [6.45, 7) is 18.4. The van der Waals surface area contributed by atoms with Gasteiger partial charge in [-0.3, -0.25) is 9.59 Å². The summed E-state index contributed by atoms with van der Waals surface area (Å²) in [4.78, 5) is 25.7. The molecule has 0 amide bonds. The van der Waals surface area contributed by atoms with Crippen LogP contribution in [0.5, 0.6) is 0 Å². The molecule has 0 aromatic rings. The van der Waals surface area contributed by atoms with Crippen LogP contribution in [0.3, 0.4) is 0 Å². The molecule has 5 aliphatic rings. The molecular formula is C39H64O10. The molecule has 1 aliphatic heterocycles. The van der Waals surface area contributed by atoms with Gasteiger partial charge in [0.15, 0.2) is 6.29 Å². The van der Waals surface area contributed by atoms with Crippen molar-refractivity contribution in [3.05, 3.63) is 11.1 Å². The molecule has 2 saturated carbocycles. The third-order valence-electron chi connectivity index (χ3n) is 15.1. The molecule has 0 bridgehead atoms. The van der Waals surface area contributed by atoms with E-state index in [1.807, 2.05) is 6.92 Å². The lowest BCUT2D eigenvalue weighted by Crippen LogP contribution is -2.62. The quantitative estimate of drug-likeness (QED) is 0.148. The van der Waals surface area contributed by atoms with E-state index in [4.69, 9.17) is 14.2 Å². The monoisotopic (exact) mass is 692 g/mol. The smallest absolute Gasteiger partial charge is 0.314 e. The molecule has 1 unspecified atom stereocenters. The van der Waals surface area contributed by atoms with Gasteiger partial charge in [0.1, 0.15) is 30.0 Å². The highest BCUT2D eigenvalue weighted by molar-refractivity contribution is 5.82. The Bertz CT molecular complexity index is 1290. The third kappa shape index (κ3) is 6.02. The second-order valence-electron chi connectivity index (χ2n) is 18.0. The summed E-state index contributed by atoms with van der Waals surface area (Å²) in [5, 5.41) is 52.3. The normalized spacial score (nSPS) is 43.6. The summed E-state index contributed by atoms with van der Waals surface area (Å²) < 4.78 is 18.0. The second-order valence-corrected chi connectivity index (χ2v) is 18.0. The number of carboxylic acid groups (broad SMARTS) is 1. The number of carbonyl (C=O) groups is 2. The molecule has 49 heavy (non-hydrogen) atoms. The SMILES string of the molecule is CC(=O)OC(C)(CC[C@@H](C)[C@H]1CC[C@@]2(C(=O)O)C3=C(CC[C@]12C)[C@@]1(C)CC[C@H](O[C@@H]2O[C@H](CO)[C@H](O)[C@H](O)[C@H]2O)C(C)(C)[C@@H]1CC3)C(C)C. The fraction of sp³-hybridized carbons (Fsp3) is 0.897. The van der Waals surface area contributed by atoms with Crippen molar-refractivity contribution in [2.45, 2.75) is 169 Å². The zero-order valence-corrected chi connectivity index (χ0v) is 31.3. The van der Waals surface area contributed by atoms with Crippen molar-refractivity contribution < 1.29 is 49.3 Å². The van der Waals surface area contributed by atoms with Gasteiger partial charge in [-0.15, -0.1) is 0 Å². The lowest BCUT2D eigenvalue weighted by molar-refractivity contribution is -0.325. The lowest BCUT2D eigenvalue weighted by Gasteiger charge is -2.62. The topological polar surface area (TPSA) is 163 Å². The Labute approximate surface area is 293 Å². The Hall–Kier alpha value is -1.56. The molecule has 10 nitrogen and oxygen atoms in total. The van der Waals surface area contributed by atoms with E-state index in [1.54, 1.807) is 0 Å². The average molecular weight is 693 g/mol. The van der Waals surface area contributed by atoms with Gasteiger partial charge in [0.05, 0.1) is 18.1 Å². The van der Waals surface area contributed by atoms with Crippen molar-refractivity contribution in [1.29, 1.82) is 0 Å². The number of rotatable bonds is 10. The fourth-order valence-corrected chi connectivity index (χ4v) is 11.8. The van der Waals surface area contributed by atoms with Crippen LogP contribution in [0.4, 0.5) is 0 Å². The highest BCUT2D eigenvalue weighted by atomic mass is 16.7. The van der Waals surface area contributed by atoms with Crippen molar-refractivity contribution in [2.75, 3.05) is 6.61 Å². The van der Waals surface area contributed by atoms with Gasteiger partial charge in [0, 0.05) is 6.92 Å². The van der Waals surface area contributed by atoms with Crippen LogP contribution in [0.25, 0.3) is 0 Å². The number of fused-ring (bicyclic) bond motifs is 4. The number of ether oxygens (including phenoxy) is 3. The third-order valence-corrected chi connectivity index (χ3v) is 15.1. The summed E-state index contributed by atoms with van der Waals surface area (Å²) in [7, 11) is 0. The molecule has 1 heterocycles. The van der Waals surface area contributed by atoms with Gasteiger partial charge in [-0.1, -0.05) is 59.6 Å². The summed E-state index contributed by atoms with van der Waals surface area (Å²) in [6, 6.07) is 0. The van der Waals surface area contributed by atoms with Crippen molar-refractivity contribution in [3.8, 4) is 0 Å². The molecule has 13 atom stereocenters. The minimum absolute atomic E-state index is 0.168. The standard InChI is InChI=1S/C39H64O10/c1-21(2)38(9,49-23(4)41)18-12-22(3)24-14-19-39(34(45)46)26-10-11-28-35(5,6)29(15-16-36(28,7)25(26)13-17-37(24,39)8)48-33-32(44)31(43)30(42)27(20-40)47-33/h21-22,24,27-33,40,42-44H,10-20H2,1-9H3,(H,45,46)/t22-,24-,27-,28+,29+,30+,31+,32-,33+,36-,37-,38?,39+/m1/s1. The first-order chi connectivity index (χ1) is 22.7. The zero-order valence-electron chi connectivity index (χ0n) is 31.3. The van der Waals surface area contributed by atoms with E-state index in [2.05, 4.69) is 48.5 Å². The van der Waals surface area contributed by atoms with E-state index in [1.165, 1.54) is 18.1 Å². The first kappa shape index (κ1) is 38.7. The molecule has 4 aliphatic carbocycles. The molecule has 10 heteroatoms. The molecule has 5 rings (SSSR count). The average Bonchev–Trinajstić information content (AvgIpc) is 3.35. The van der Waals surface area contributed by atoms with Gasteiger partial charge in [-0.25, -0.2) is 0 Å². The maximum absolute atomic E-state index is 13.7. The Morgan fingerprint density at radius 3 is 2.20 bits per heavy atom. The first-order valence-corrected chi connectivity index (χ1v) is 18.8. The van der Waals surface area contributed by atoms with Gasteiger partial charge in [-0.05, 0) is 111 Å². The van der Waals surface area contributed by atoms with Crippen molar-refractivity contribution in [2.24, 2.45) is 45.3 Å². The molecule has 0 radical (unpaired) electrons. The summed E-state index contributed by atoms with van der Waals surface area (Å²) in [5.41, 5.74) is 0.0867. The fourth-order valence-electron chi connectivity index (χ4n) is 11.8. The molecule has 280 valence electrons. The van der Waals surface area contributed by atoms with E-state index in [0.717, 1.165) is 51.4 Å². The van der Waals surface area contributed by atoms with Gasteiger partial charge >= 0.3 is 11.9 Å². The van der Waals surface area contributed by atoms with Crippen LogP contribution in [0.1, 0.15) is 127 Å². The van der Waals surface area contributed by atoms with E-state index >= 15 is 0 Å². The highest BCUT2D eigenvalue weighted by Crippen LogP contribution is 2.73. The maximum Gasteiger partial charge on any atom is 0.314 e. The number of hydrogen-bond acceptors (Lipinski definition) is 9. The number of aliphatic hydroxyl groups excluding tert-OH is 4. The molecule has 1 saturated heterocycles. The number of allylic oxidation sites excluding steroid dienone is 1. The minimum atomic E-state index is -1.49. The van der Waals surface area contributed by atoms with Crippen molar-refractivity contribution >= 4 is 11.9 Å². The van der Waals surface area contributed by atoms with Crippen LogP contribution in [0.2, 0.25) is 0 Å². The van der Waals surface area contributed by atoms with E-state index < -0.39 is 54.3 Å². The second kappa shape index (κ2) is 13.4. The number of carboxylic acids is 1. The molecular weight excluding hydrogens is 628 g/mol. The number of hydrogen-bond donors (Lipinski definition) is 5. The van der Waals surface area contributed by atoms with E-state index in [9.17, 15) is 35.1 Å². The number of carbonyl (C=O) groups excluding carboxylic acids is 1. The van der Waals surface area contributed by atoms with E-state index in [0.29, 0.717) is 12.8 Å². The predicted octanol–water partition coefficient (Wildman–Crippen LogP) is 5.38. The van der Waals surface area contributed by atoms with E-state index in [-0.39, 0.29) is 52.0 Å². The molecule has 0 spiro atoms. The van der Waals surface area contributed by atoms with Crippen LogP contribution >= 0.6 is 0 Å². The first-order valence-electron chi connectivity index (χ1n) is 18.8. The van der Waals surface area contributed by atoms with Crippen LogP contribution in [-0.2, 0) is 23.8 Å². The number of aliphatic carboxylic acids is 1. The van der Waals surface area contributed by atoms with Gasteiger partial charge in [0.2, 0.25) is 0 Å². The Balaban J connectivity index is 1.40. The van der Waals surface area contributed by atoms with Crippen molar-refractivity contribution in [1.82, 2.24) is 0 Å². The molecule has 3 fully saturated rings. The zero-order chi connectivity index (χ0) is 36.5. The minimum Gasteiger partial charge on any atom is -0.481 e. The van der Waals surface area contributed by atoms with Gasteiger partial charge in [0.25, 0.3) is 0 Å². The Kier molecular flexibility index (Phi) is 10.6. The molecule has 0 aromatic carbocycles. The molecule has 0 aromatic heterocycles. The lowest BCUT2D eigenvalue weighted by atomic mass is 9.43. The summed E-state index contributed by atoms with van der Waals surface area (Å²) >= 11 is 0. The molecule has 5 N–H and O–H groups in total. The van der Waals surface area contributed by atoms with Crippen LogP contribution < -0.4 is 0 Å². The predicted molar refractivity (Wildman–Crippen MR) is 183 cm³/mol. The van der Waals surface area contributed by atoms with Gasteiger partial charge < -0.3 is 39.7 Å². The van der Waals surface area contributed by atoms with Gasteiger partial charge in [-0.2, -0.15) is 0 Å². The summed E-state index contributed by atoms with van der Waals surface area (Å²) in [6.07, 6.45) is 0.949. The van der Waals surface area contributed by atoms with Crippen LogP contribution in [-0.4, -0.2) is 86.5 Å². The van der Waals surface area contributed by atoms with Crippen LogP contribution in [0, 0.1) is 45.3 Å². The van der Waals surface area contributed by atoms with Crippen LogP contribution in [0.15, 0.2) is 11.1 Å².